The van der Waals surface area contributed by atoms with Crippen molar-refractivity contribution in [2.75, 3.05) is 0 Å². The molecule has 1 aromatic carbocycles. The zero-order valence-corrected chi connectivity index (χ0v) is 10.6. The van der Waals surface area contributed by atoms with Gasteiger partial charge in [-0.1, -0.05) is 24.3 Å². The first-order valence-corrected chi connectivity index (χ1v) is 6.09. The summed E-state index contributed by atoms with van der Waals surface area (Å²) in [5, 5.41) is 1.08. The molecule has 94 valence electrons. The highest BCUT2D eigenvalue weighted by atomic mass is 16.1. The number of pyridine rings is 1. The van der Waals surface area contributed by atoms with Crippen molar-refractivity contribution in [1.82, 2.24) is 14.5 Å². The predicted molar refractivity (Wildman–Crippen MR) is 73.0 cm³/mol. The van der Waals surface area contributed by atoms with E-state index in [0.29, 0.717) is 5.82 Å². The first kappa shape index (κ1) is 11.6. The number of imidazole rings is 1. The Hall–Kier alpha value is -2.49. The van der Waals surface area contributed by atoms with Gasteiger partial charge in [0.15, 0.2) is 5.82 Å². The predicted octanol–water partition coefficient (Wildman–Crippen LogP) is 2.39. The van der Waals surface area contributed by atoms with Gasteiger partial charge in [-0.15, -0.1) is 0 Å². The van der Waals surface area contributed by atoms with Gasteiger partial charge in [-0.05, 0) is 12.1 Å². The minimum absolute atomic E-state index is 0.0183. The average Bonchev–Trinajstić information content (AvgIpc) is 2.85. The monoisotopic (exact) mass is 251 g/mol. The highest BCUT2D eigenvalue weighted by Crippen LogP contribution is 2.13. The third-order valence-corrected chi connectivity index (χ3v) is 3.07. The number of rotatable bonds is 3. The zero-order chi connectivity index (χ0) is 13.2. The van der Waals surface area contributed by atoms with Crippen LogP contribution in [-0.4, -0.2) is 20.3 Å². The third kappa shape index (κ3) is 2.25. The Morgan fingerprint density at radius 3 is 2.84 bits per heavy atom. The summed E-state index contributed by atoms with van der Waals surface area (Å²) < 4.78 is 1.73. The van der Waals surface area contributed by atoms with Crippen molar-refractivity contribution in [3.63, 3.8) is 0 Å². The van der Waals surface area contributed by atoms with Crippen LogP contribution in [0.2, 0.25) is 0 Å². The lowest BCUT2D eigenvalue weighted by atomic mass is 10.1. The molecule has 0 saturated heterocycles. The molecule has 0 spiro atoms. The third-order valence-electron chi connectivity index (χ3n) is 3.07. The summed E-state index contributed by atoms with van der Waals surface area (Å²) in [5.74, 6) is 0.449. The fourth-order valence-corrected chi connectivity index (χ4v) is 2.08. The van der Waals surface area contributed by atoms with Crippen LogP contribution in [0.15, 0.2) is 48.8 Å². The summed E-state index contributed by atoms with van der Waals surface area (Å²) in [4.78, 5) is 20.7. The second kappa shape index (κ2) is 4.65. The van der Waals surface area contributed by atoms with E-state index in [2.05, 4.69) is 9.97 Å². The van der Waals surface area contributed by atoms with Crippen LogP contribution < -0.4 is 0 Å². The molecule has 0 fully saturated rings. The average molecular weight is 251 g/mol. The Labute approximate surface area is 110 Å². The number of Topliss-reactive ketones (excluding diaryl/α,β-unsaturated/α-hetero) is 1. The van der Waals surface area contributed by atoms with Crippen LogP contribution in [0.25, 0.3) is 10.9 Å². The quantitative estimate of drug-likeness (QED) is 0.671. The summed E-state index contributed by atoms with van der Waals surface area (Å²) >= 11 is 0. The molecule has 0 saturated carbocycles. The molecule has 3 rings (SSSR count). The van der Waals surface area contributed by atoms with Crippen LogP contribution in [-0.2, 0) is 13.5 Å². The van der Waals surface area contributed by atoms with Gasteiger partial charge in [-0.2, -0.15) is 0 Å². The molecular formula is C15H13N3O. The molecule has 0 bridgehead atoms. The summed E-state index contributed by atoms with van der Waals surface area (Å²) in [5.41, 5.74) is 1.68. The SMILES string of the molecule is Cn1ccnc1C(=O)Cc1ccc2ccccc2n1. The van der Waals surface area contributed by atoms with Gasteiger partial charge in [0.25, 0.3) is 0 Å². The van der Waals surface area contributed by atoms with Gasteiger partial charge in [0, 0.05) is 30.5 Å². The van der Waals surface area contributed by atoms with E-state index in [-0.39, 0.29) is 12.2 Å². The highest BCUT2D eigenvalue weighted by Gasteiger charge is 2.12. The van der Waals surface area contributed by atoms with E-state index in [1.54, 1.807) is 17.0 Å². The van der Waals surface area contributed by atoms with Gasteiger partial charge in [0.05, 0.1) is 11.9 Å². The van der Waals surface area contributed by atoms with E-state index in [4.69, 9.17) is 0 Å². The number of ketones is 1. The van der Waals surface area contributed by atoms with Crippen LogP contribution >= 0.6 is 0 Å². The van der Waals surface area contributed by atoms with Crippen molar-refractivity contribution in [2.24, 2.45) is 7.05 Å². The number of hydrogen-bond acceptors (Lipinski definition) is 3. The molecular weight excluding hydrogens is 238 g/mol. The standard InChI is InChI=1S/C15H13N3O/c1-18-9-8-16-15(18)14(19)10-12-7-6-11-4-2-3-5-13(11)17-12/h2-9H,10H2,1H3. The molecule has 0 aliphatic heterocycles. The molecule has 3 aromatic rings. The number of aromatic nitrogens is 3. The van der Waals surface area contributed by atoms with E-state index >= 15 is 0 Å². The molecule has 0 amide bonds. The van der Waals surface area contributed by atoms with Gasteiger partial charge in [-0.25, -0.2) is 4.98 Å². The van der Waals surface area contributed by atoms with Crippen molar-refractivity contribution >= 4 is 16.7 Å². The number of carbonyl (C=O) groups excluding carboxylic acids is 1. The lowest BCUT2D eigenvalue weighted by Crippen LogP contribution is -2.11. The smallest absolute Gasteiger partial charge is 0.204 e. The molecule has 2 heterocycles. The first-order valence-electron chi connectivity index (χ1n) is 6.09. The van der Waals surface area contributed by atoms with Crippen LogP contribution in [0.1, 0.15) is 16.3 Å². The van der Waals surface area contributed by atoms with Crippen molar-refractivity contribution in [2.45, 2.75) is 6.42 Å². The number of para-hydroxylation sites is 1. The Morgan fingerprint density at radius 2 is 2.05 bits per heavy atom. The number of hydrogen-bond donors (Lipinski definition) is 0. The van der Waals surface area contributed by atoms with Gasteiger partial charge in [0.2, 0.25) is 5.78 Å². The Morgan fingerprint density at radius 1 is 1.21 bits per heavy atom. The van der Waals surface area contributed by atoms with E-state index in [9.17, 15) is 4.79 Å². The molecule has 0 aliphatic carbocycles. The first-order chi connectivity index (χ1) is 9.24. The number of carbonyl (C=O) groups is 1. The van der Waals surface area contributed by atoms with Gasteiger partial charge < -0.3 is 4.57 Å². The molecule has 0 unspecified atom stereocenters. The molecule has 2 aromatic heterocycles. The molecule has 0 radical (unpaired) electrons. The normalized spacial score (nSPS) is 10.8. The maximum absolute atomic E-state index is 12.1. The molecule has 4 nitrogen and oxygen atoms in total. The van der Waals surface area contributed by atoms with Crippen LogP contribution in [0.5, 0.6) is 0 Å². The lowest BCUT2D eigenvalue weighted by molar-refractivity contribution is 0.0979. The minimum Gasteiger partial charge on any atom is -0.332 e. The maximum atomic E-state index is 12.1. The van der Waals surface area contributed by atoms with Gasteiger partial charge in [-0.3, -0.25) is 9.78 Å². The van der Waals surface area contributed by atoms with E-state index in [1.807, 2.05) is 43.4 Å². The number of fused-ring (bicyclic) bond motifs is 1. The Kier molecular flexibility index (Phi) is 2.83. The fourth-order valence-electron chi connectivity index (χ4n) is 2.08. The largest absolute Gasteiger partial charge is 0.332 e. The van der Waals surface area contributed by atoms with Crippen LogP contribution in [0.4, 0.5) is 0 Å². The maximum Gasteiger partial charge on any atom is 0.204 e. The van der Waals surface area contributed by atoms with Crippen molar-refractivity contribution in [3.05, 3.63) is 60.3 Å². The Bertz CT molecular complexity index is 746. The molecule has 0 atom stereocenters. The molecule has 19 heavy (non-hydrogen) atoms. The summed E-state index contributed by atoms with van der Waals surface area (Å²) in [6.07, 6.45) is 3.66. The summed E-state index contributed by atoms with van der Waals surface area (Å²) in [6, 6.07) is 11.8. The van der Waals surface area contributed by atoms with E-state index < -0.39 is 0 Å². The van der Waals surface area contributed by atoms with Crippen LogP contribution in [0.3, 0.4) is 0 Å². The van der Waals surface area contributed by atoms with Gasteiger partial charge >= 0.3 is 0 Å². The van der Waals surface area contributed by atoms with E-state index in [1.165, 1.54) is 0 Å². The summed E-state index contributed by atoms with van der Waals surface area (Å²) in [6.45, 7) is 0. The molecule has 0 aliphatic rings. The molecule has 4 heteroatoms. The van der Waals surface area contributed by atoms with Gasteiger partial charge in [0.1, 0.15) is 0 Å². The minimum atomic E-state index is -0.0183. The summed E-state index contributed by atoms with van der Waals surface area (Å²) in [7, 11) is 1.81. The second-order valence-corrected chi connectivity index (χ2v) is 4.46. The highest BCUT2D eigenvalue weighted by molar-refractivity contribution is 5.94. The number of nitrogens with zero attached hydrogens (tertiary/aromatic N) is 3. The van der Waals surface area contributed by atoms with Crippen molar-refractivity contribution in [3.8, 4) is 0 Å². The van der Waals surface area contributed by atoms with Crippen molar-refractivity contribution < 1.29 is 4.79 Å². The number of benzene rings is 1. The van der Waals surface area contributed by atoms with E-state index in [0.717, 1.165) is 16.6 Å². The van der Waals surface area contributed by atoms with Crippen LogP contribution in [0, 0.1) is 0 Å². The zero-order valence-electron chi connectivity index (χ0n) is 10.6. The fraction of sp³-hybridized carbons (Fsp3) is 0.133. The topological polar surface area (TPSA) is 47.8 Å². The van der Waals surface area contributed by atoms with Crippen molar-refractivity contribution in [1.29, 1.82) is 0 Å². The second-order valence-electron chi connectivity index (χ2n) is 4.46. The Balaban J connectivity index is 1.89. The number of aryl methyl sites for hydroxylation is 1. The lowest BCUT2D eigenvalue weighted by Gasteiger charge is -2.03. The molecule has 0 N–H and O–H groups in total.